The molecule has 3 rings (SSSR count). The second-order valence-electron chi connectivity index (χ2n) is 7.12. The van der Waals surface area contributed by atoms with E-state index in [0.29, 0.717) is 5.92 Å². The van der Waals surface area contributed by atoms with Gasteiger partial charge in [0.25, 0.3) is 0 Å². The molecule has 0 radical (unpaired) electrons. The lowest BCUT2D eigenvalue weighted by Crippen LogP contribution is -2.40. The van der Waals surface area contributed by atoms with Crippen LogP contribution < -0.4 is 15.6 Å². The number of pyridine rings is 1. The smallest absolute Gasteiger partial charge is 0.250 e. The first-order chi connectivity index (χ1) is 13.7. The average molecular weight is 383 g/mol. The van der Waals surface area contributed by atoms with Gasteiger partial charge in [-0.25, -0.2) is 0 Å². The molecule has 0 amide bonds. The molecule has 1 aliphatic heterocycles. The van der Waals surface area contributed by atoms with Crippen LogP contribution in [0.25, 0.3) is 0 Å². The fraction of sp³-hybridized carbons (Fsp3) is 0.455. The van der Waals surface area contributed by atoms with Gasteiger partial charge in [-0.1, -0.05) is 18.2 Å². The highest BCUT2D eigenvalue weighted by Gasteiger charge is 2.25. The molecule has 0 saturated carbocycles. The molecule has 1 aromatic carbocycles. The lowest BCUT2D eigenvalue weighted by atomic mass is 9.98. The first kappa shape index (κ1) is 20.0. The van der Waals surface area contributed by atoms with Crippen LogP contribution >= 0.6 is 0 Å². The number of methoxy groups -OCH3 is 1. The van der Waals surface area contributed by atoms with Crippen molar-refractivity contribution in [1.82, 2.24) is 14.8 Å². The molecule has 2 heterocycles. The van der Waals surface area contributed by atoms with Gasteiger partial charge >= 0.3 is 0 Å². The first-order valence-electron chi connectivity index (χ1n) is 9.96. The van der Waals surface area contributed by atoms with Gasteiger partial charge in [-0.3, -0.25) is 9.79 Å². The SMILES string of the molecule is CN=C(NCCCCn1ccccc1=O)N1CCC(c2ccc(OC)cc2)C1. The number of unbranched alkanes of at least 4 members (excludes halogenated alkanes) is 1. The molecule has 1 aromatic heterocycles. The zero-order valence-electron chi connectivity index (χ0n) is 16.8. The van der Waals surface area contributed by atoms with Gasteiger partial charge in [0, 0.05) is 51.4 Å². The maximum atomic E-state index is 11.7. The van der Waals surface area contributed by atoms with Crippen LogP contribution in [0.2, 0.25) is 0 Å². The van der Waals surface area contributed by atoms with E-state index in [1.807, 2.05) is 31.4 Å². The molecule has 0 bridgehead atoms. The van der Waals surface area contributed by atoms with Crippen molar-refractivity contribution in [1.29, 1.82) is 0 Å². The molecule has 0 aliphatic carbocycles. The minimum atomic E-state index is 0.0629. The molecule has 1 N–H and O–H groups in total. The van der Waals surface area contributed by atoms with E-state index in [9.17, 15) is 4.79 Å². The Hall–Kier alpha value is -2.76. The predicted octanol–water partition coefficient (Wildman–Crippen LogP) is 2.70. The molecule has 0 spiro atoms. The number of aliphatic imine (C=N–C) groups is 1. The molecule has 150 valence electrons. The standard InChI is InChI=1S/C22H30N4O2/c1-23-22(24-13-4-6-15-25-14-5-3-7-21(25)27)26-16-12-19(17-26)18-8-10-20(28-2)11-9-18/h3,5,7-11,14,19H,4,6,12-13,15-17H2,1-2H3,(H,23,24). The van der Waals surface area contributed by atoms with E-state index in [1.165, 1.54) is 5.56 Å². The molecule has 1 aliphatic rings. The number of aromatic nitrogens is 1. The van der Waals surface area contributed by atoms with E-state index in [2.05, 4.69) is 27.3 Å². The zero-order valence-corrected chi connectivity index (χ0v) is 16.8. The first-order valence-corrected chi connectivity index (χ1v) is 9.96. The van der Waals surface area contributed by atoms with Gasteiger partial charge < -0.3 is 19.5 Å². The zero-order chi connectivity index (χ0) is 19.8. The summed E-state index contributed by atoms with van der Waals surface area (Å²) in [4.78, 5) is 18.5. The van der Waals surface area contributed by atoms with Gasteiger partial charge in [0.1, 0.15) is 5.75 Å². The summed E-state index contributed by atoms with van der Waals surface area (Å²) in [7, 11) is 3.53. The third kappa shape index (κ3) is 5.15. The highest BCUT2D eigenvalue weighted by molar-refractivity contribution is 5.80. The monoisotopic (exact) mass is 382 g/mol. The summed E-state index contributed by atoms with van der Waals surface area (Å²) in [5.74, 6) is 2.39. The summed E-state index contributed by atoms with van der Waals surface area (Å²) in [6.45, 7) is 3.60. The fourth-order valence-corrected chi connectivity index (χ4v) is 3.69. The second kappa shape index (κ2) is 9.97. The van der Waals surface area contributed by atoms with Crippen LogP contribution in [0.15, 0.2) is 58.4 Å². The highest BCUT2D eigenvalue weighted by atomic mass is 16.5. The molecular weight excluding hydrogens is 352 g/mol. The molecule has 28 heavy (non-hydrogen) atoms. The van der Waals surface area contributed by atoms with E-state index in [1.54, 1.807) is 23.8 Å². The summed E-state index contributed by atoms with van der Waals surface area (Å²) in [5.41, 5.74) is 1.42. The lowest BCUT2D eigenvalue weighted by Gasteiger charge is -2.22. The average Bonchev–Trinajstić information content (AvgIpc) is 3.22. The molecule has 6 heteroatoms. The molecule has 1 fully saturated rings. The van der Waals surface area contributed by atoms with Crippen molar-refractivity contribution in [3.05, 3.63) is 64.6 Å². The number of ether oxygens (including phenoxy) is 1. The predicted molar refractivity (Wildman–Crippen MR) is 113 cm³/mol. The minimum Gasteiger partial charge on any atom is -0.497 e. The Kier molecular flexibility index (Phi) is 7.12. The Bertz CT molecular complexity index is 829. The Morgan fingerprint density at radius 3 is 2.75 bits per heavy atom. The van der Waals surface area contributed by atoms with Crippen LogP contribution in [0.5, 0.6) is 5.75 Å². The molecule has 1 saturated heterocycles. The maximum absolute atomic E-state index is 11.7. The quantitative estimate of drug-likeness (QED) is 0.454. The van der Waals surface area contributed by atoms with Crippen molar-refractivity contribution < 1.29 is 4.74 Å². The van der Waals surface area contributed by atoms with Crippen molar-refractivity contribution >= 4 is 5.96 Å². The number of benzene rings is 1. The largest absolute Gasteiger partial charge is 0.497 e. The van der Waals surface area contributed by atoms with Gasteiger partial charge in [0.15, 0.2) is 5.96 Å². The number of guanidine groups is 1. The van der Waals surface area contributed by atoms with Crippen LogP contribution in [0.3, 0.4) is 0 Å². The molecule has 1 unspecified atom stereocenters. The maximum Gasteiger partial charge on any atom is 0.250 e. The molecule has 6 nitrogen and oxygen atoms in total. The summed E-state index contributed by atoms with van der Waals surface area (Å²) < 4.78 is 7.01. The third-order valence-corrected chi connectivity index (χ3v) is 5.29. The van der Waals surface area contributed by atoms with E-state index in [-0.39, 0.29) is 5.56 Å². The van der Waals surface area contributed by atoms with Crippen molar-refractivity contribution in [2.45, 2.75) is 31.7 Å². The molecule has 1 atom stereocenters. The fourth-order valence-electron chi connectivity index (χ4n) is 3.69. The third-order valence-electron chi connectivity index (χ3n) is 5.29. The Labute approximate surface area is 166 Å². The number of rotatable bonds is 7. The van der Waals surface area contributed by atoms with Crippen LogP contribution in [-0.2, 0) is 6.54 Å². The molecular formula is C22H30N4O2. The molecule has 2 aromatic rings. The van der Waals surface area contributed by atoms with Gasteiger partial charge in [0.2, 0.25) is 5.56 Å². The second-order valence-corrected chi connectivity index (χ2v) is 7.12. The van der Waals surface area contributed by atoms with Crippen LogP contribution in [-0.4, -0.2) is 49.2 Å². The number of likely N-dealkylation sites (tertiary alicyclic amines) is 1. The van der Waals surface area contributed by atoms with Gasteiger partial charge in [-0.05, 0) is 43.0 Å². The Morgan fingerprint density at radius 2 is 2.04 bits per heavy atom. The summed E-state index contributed by atoms with van der Waals surface area (Å²) in [6, 6.07) is 13.7. The highest BCUT2D eigenvalue weighted by Crippen LogP contribution is 2.28. The lowest BCUT2D eigenvalue weighted by molar-refractivity contribution is 0.414. The van der Waals surface area contributed by atoms with Crippen LogP contribution in [0, 0.1) is 0 Å². The van der Waals surface area contributed by atoms with Gasteiger partial charge in [0.05, 0.1) is 7.11 Å². The number of nitrogens with one attached hydrogen (secondary N) is 1. The number of hydrogen-bond donors (Lipinski definition) is 1. The van der Waals surface area contributed by atoms with Crippen LogP contribution in [0.4, 0.5) is 0 Å². The Balaban J connectivity index is 1.42. The van der Waals surface area contributed by atoms with Crippen molar-refractivity contribution in [2.75, 3.05) is 33.8 Å². The number of hydrogen-bond acceptors (Lipinski definition) is 3. The topological polar surface area (TPSA) is 58.9 Å². The van der Waals surface area contributed by atoms with E-state index >= 15 is 0 Å². The summed E-state index contributed by atoms with van der Waals surface area (Å²) in [6.07, 6.45) is 4.93. The number of nitrogens with zero attached hydrogens (tertiary/aromatic N) is 3. The van der Waals surface area contributed by atoms with E-state index < -0.39 is 0 Å². The minimum absolute atomic E-state index is 0.0629. The van der Waals surface area contributed by atoms with E-state index in [0.717, 1.165) is 57.2 Å². The van der Waals surface area contributed by atoms with Crippen molar-refractivity contribution in [2.24, 2.45) is 4.99 Å². The van der Waals surface area contributed by atoms with Gasteiger partial charge in [-0.2, -0.15) is 0 Å². The normalized spacial score (nSPS) is 17.0. The number of aryl methyl sites for hydroxylation is 1. The summed E-state index contributed by atoms with van der Waals surface area (Å²) in [5, 5.41) is 3.47. The van der Waals surface area contributed by atoms with Gasteiger partial charge in [-0.15, -0.1) is 0 Å². The van der Waals surface area contributed by atoms with E-state index in [4.69, 9.17) is 4.74 Å². The Morgan fingerprint density at radius 1 is 1.21 bits per heavy atom. The summed E-state index contributed by atoms with van der Waals surface area (Å²) >= 11 is 0. The van der Waals surface area contributed by atoms with Crippen molar-refractivity contribution in [3.8, 4) is 5.75 Å². The van der Waals surface area contributed by atoms with Crippen molar-refractivity contribution in [3.63, 3.8) is 0 Å². The van der Waals surface area contributed by atoms with Crippen LogP contribution in [0.1, 0.15) is 30.7 Å².